The summed E-state index contributed by atoms with van der Waals surface area (Å²) in [4.78, 5) is 15.2. The van der Waals surface area contributed by atoms with Crippen molar-refractivity contribution in [2.45, 2.75) is 13.3 Å². The zero-order valence-corrected chi connectivity index (χ0v) is 13.5. The first-order valence-corrected chi connectivity index (χ1v) is 7.64. The fourth-order valence-electron chi connectivity index (χ4n) is 2.35. The topological polar surface area (TPSA) is 44.9 Å². The number of hydrogen-bond donors (Lipinski definition) is 2. The Hall–Kier alpha value is -2.14. The van der Waals surface area contributed by atoms with Crippen molar-refractivity contribution >= 4 is 38.4 Å². The Morgan fingerprint density at radius 2 is 2.09 bits per heavy atom. The van der Waals surface area contributed by atoms with Gasteiger partial charge in [-0.3, -0.25) is 4.79 Å². The predicted octanol–water partition coefficient (Wildman–Crippen LogP) is 4.56. The third-order valence-corrected chi connectivity index (χ3v) is 4.39. The number of carbonyl (C=O) groups excluding carboxylic acids is 1. The van der Waals surface area contributed by atoms with Crippen molar-refractivity contribution in [3.63, 3.8) is 0 Å². The van der Waals surface area contributed by atoms with Crippen LogP contribution in [0.25, 0.3) is 10.9 Å². The minimum atomic E-state index is -0.296. The molecule has 0 atom stereocenters. The average molecular weight is 361 g/mol. The van der Waals surface area contributed by atoms with Gasteiger partial charge in [0, 0.05) is 27.3 Å². The van der Waals surface area contributed by atoms with Crippen LogP contribution in [0.3, 0.4) is 0 Å². The van der Waals surface area contributed by atoms with Gasteiger partial charge in [0.1, 0.15) is 5.82 Å². The minimum Gasteiger partial charge on any atom is -0.361 e. The average Bonchev–Trinajstić information content (AvgIpc) is 2.85. The number of aromatic amines is 1. The molecule has 0 aliphatic rings. The number of fused-ring (bicyclic) bond motifs is 1. The molecule has 0 unspecified atom stereocenters. The minimum absolute atomic E-state index is 0.110. The molecule has 0 fully saturated rings. The van der Waals surface area contributed by atoms with E-state index >= 15 is 0 Å². The van der Waals surface area contributed by atoms with E-state index in [-0.39, 0.29) is 18.1 Å². The summed E-state index contributed by atoms with van der Waals surface area (Å²) in [6, 6.07) is 10.2. The molecule has 2 N–H and O–H groups in total. The number of carbonyl (C=O) groups is 1. The van der Waals surface area contributed by atoms with Crippen molar-refractivity contribution in [2.75, 3.05) is 5.32 Å². The van der Waals surface area contributed by atoms with Crippen LogP contribution < -0.4 is 5.32 Å². The van der Waals surface area contributed by atoms with Crippen LogP contribution in [0, 0.1) is 12.7 Å². The van der Waals surface area contributed by atoms with Crippen molar-refractivity contribution in [3.8, 4) is 0 Å². The van der Waals surface area contributed by atoms with Gasteiger partial charge >= 0.3 is 0 Å². The van der Waals surface area contributed by atoms with Gasteiger partial charge in [0.25, 0.3) is 0 Å². The van der Waals surface area contributed by atoms with Crippen LogP contribution in [-0.4, -0.2) is 10.9 Å². The zero-order chi connectivity index (χ0) is 15.7. The van der Waals surface area contributed by atoms with Gasteiger partial charge in [-0.1, -0.05) is 22.0 Å². The highest BCUT2D eigenvalue weighted by Crippen LogP contribution is 2.22. The number of rotatable bonds is 3. The van der Waals surface area contributed by atoms with Gasteiger partial charge in [0.2, 0.25) is 5.91 Å². The first kappa shape index (κ1) is 14.8. The second-order valence-corrected chi connectivity index (χ2v) is 6.05. The highest BCUT2D eigenvalue weighted by atomic mass is 79.9. The summed E-state index contributed by atoms with van der Waals surface area (Å²) >= 11 is 3.44. The van der Waals surface area contributed by atoms with E-state index in [1.165, 1.54) is 12.1 Å². The van der Waals surface area contributed by atoms with E-state index in [4.69, 9.17) is 0 Å². The number of nitrogens with one attached hydrogen (secondary N) is 2. The third-order valence-electron chi connectivity index (χ3n) is 3.54. The molecule has 0 bridgehead atoms. The van der Waals surface area contributed by atoms with Crippen LogP contribution in [0.5, 0.6) is 0 Å². The quantitative estimate of drug-likeness (QED) is 0.706. The molecule has 0 saturated heterocycles. The zero-order valence-electron chi connectivity index (χ0n) is 11.9. The molecule has 0 saturated carbocycles. The number of amides is 1. The Morgan fingerprint density at radius 1 is 1.27 bits per heavy atom. The van der Waals surface area contributed by atoms with Crippen LogP contribution in [0.2, 0.25) is 0 Å². The molecule has 0 aliphatic heterocycles. The van der Waals surface area contributed by atoms with Crippen LogP contribution in [0.4, 0.5) is 10.1 Å². The van der Waals surface area contributed by atoms with Crippen LogP contribution in [-0.2, 0) is 11.2 Å². The lowest BCUT2D eigenvalue weighted by molar-refractivity contribution is -0.115. The van der Waals surface area contributed by atoms with Crippen LogP contribution in [0.1, 0.15) is 11.1 Å². The van der Waals surface area contributed by atoms with Crippen molar-refractivity contribution < 1.29 is 9.18 Å². The summed E-state index contributed by atoms with van der Waals surface area (Å²) in [7, 11) is 0. The van der Waals surface area contributed by atoms with Gasteiger partial charge in [-0.05, 0) is 48.4 Å². The summed E-state index contributed by atoms with van der Waals surface area (Å²) in [6.07, 6.45) is 1.98. The monoisotopic (exact) mass is 360 g/mol. The SMILES string of the molecule is Cc1ccc(NC(=O)Cc2c[nH]c3cc(F)ccc23)cc1Br. The predicted molar refractivity (Wildman–Crippen MR) is 89.5 cm³/mol. The Kier molecular flexibility index (Phi) is 3.98. The van der Waals surface area contributed by atoms with Gasteiger partial charge in [-0.15, -0.1) is 0 Å². The van der Waals surface area contributed by atoms with E-state index in [0.29, 0.717) is 5.52 Å². The maximum atomic E-state index is 13.2. The molecular formula is C17H14BrFN2O. The number of H-pyrrole nitrogens is 1. The summed E-state index contributed by atoms with van der Waals surface area (Å²) in [5, 5.41) is 3.73. The molecule has 0 aliphatic carbocycles. The Labute approximate surface area is 135 Å². The standard InChI is InChI=1S/C17H14BrFN2O/c1-10-2-4-13(8-15(10)18)21-17(22)6-11-9-20-16-7-12(19)3-5-14(11)16/h2-5,7-9,20H,6H2,1H3,(H,21,22). The summed E-state index contributed by atoms with van der Waals surface area (Å²) < 4.78 is 14.1. The first-order valence-electron chi connectivity index (χ1n) is 6.84. The van der Waals surface area contributed by atoms with Crippen molar-refractivity contribution in [1.82, 2.24) is 4.98 Å². The second kappa shape index (κ2) is 5.93. The van der Waals surface area contributed by atoms with Gasteiger partial charge in [-0.25, -0.2) is 4.39 Å². The summed E-state index contributed by atoms with van der Waals surface area (Å²) in [5.41, 5.74) is 3.39. The fourth-order valence-corrected chi connectivity index (χ4v) is 2.73. The lowest BCUT2D eigenvalue weighted by Gasteiger charge is -2.06. The maximum absolute atomic E-state index is 13.2. The molecule has 5 heteroatoms. The van der Waals surface area contributed by atoms with E-state index in [1.54, 1.807) is 12.3 Å². The number of benzene rings is 2. The molecule has 1 aromatic heterocycles. The normalized spacial score (nSPS) is 10.9. The lowest BCUT2D eigenvalue weighted by Crippen LogP contribution is -2.14. The number of halogens is 2. The van der Waals surface area contributed by atoms with E-state index in [9.17, 15) is 9.18 Å². The molecule has 112 valence electrons. The van der Waals surface area contributed by atoms with Gasteiger partial charge < -0.3 is 10.3 Å². The molecular weight excluding hydrogens is 347 g/mol. The molecule has 3 aromatic rings. The summed E-state index contributed by atoms with van der Waals surface area (Å²) in [6.45, 7) is 1.99. The summed E-state index contributed by atoms with van der Waals surface area (Å²) in [5.74, 6) is -0.407. The Bertz CT molecular complexity index is 857. The van der Waals surface area contributed by atoms with Gasteiger partial charge in [0.15, 0.2) is 0 Å². The van der Waals surface area contributed by atoms with Crippen molar-refractivity contribution in [3.05, 3.63) is 64.0 Å². The van der Waals surface area contributed by atoms with E-state index in [1.807, 2.05) is 25.1 Å². The van der Waals surface area contributed by atoms with Crippen LogP contribution in [0.15, 0.2) is 47.1 Å². The largest absolute Gasteiger partial charge is 0.361 e. The molecule has 22 heavy (non-hydrogen) atoms. The second-order valence-electron chi connectivity index (χ2n) is 5.19. The highest BCUT2D eigenvalue weighted by molar-refractivity contribution is 9.10. The molecule has 3 nitrogen and oxygen atoms in total. The molecule has 3 rings (SSSR count). The van der Waals surface area contributed by atoms with Crippen molar-refractivity contribution in [1.29, 1.82) is 0 Å². The Morgan fingerprint density at radius 3 is 2.86 bits per heavy atom. The fraction of sp³-hybridized carbons (Fsp3) is 0.118. The lowest BCUT2D eigenvalue weighted by atomic mass is 10.1. The number of aromatic nitrogens is 1. The van der Waals surface area contributed by atoms with E-state index in [2.05, 4.69) is 26.2 Å². The smallest absolute Gasteiger partial charge is 0.228 e. The van der Waals surface area contributed by atoms with Gasteiger partial charge in [0.05, 0.1) is 6.42 Å². The molecule has 1 amide bonds. The Balaban J connectivity index is 1.76. The van der Waals surface area contributed by atoms with Crippen LogP contribution >= 0.6 is 15.9 Å². The molecule has 2 aromatic carbocycles. The van der Waals surface area contributed by atoms with Crippen molar-refractivity contribution in [2.24, 2.45) is 0 Å². The van der Waals surface area contributed by atoms with E-state index < -0.39 is 0 Å². The first-order chi connectivity index (χ1) is 10.5. The number of hydrogen-bond acceptors (Lipinski definition) is 1. The molecule has 1 heterocycles. The number of aryl methyl sites for hydroxylation is 1. The maximum Gasteiger partial charge on any atom is 0.228 e. The van der Waals surface area contributed by atoms with E-state index in [0.717, 1.165) is 26.7 Å². The van der Waals surface area contributed by atoms with Gasteiger partial charge in [-0.2, -0.15) is 0 Å². The number of anilines is 1. The molecule has 0 spiro atoms. The highest BCUT2D eigenvalue weighted by Gasteiger charge is 2.10. The third kappa shape index (κ3) is 3.04. The molecule has 0 radical (unpaired) electrons.